The van der Waals surface area contributed by atoms with Gasteiger partial charge in [-0.1, -0.05) is 0 Å². The molecule has 0 saturated heterocycles. The van der Waals surface area contributed by atoms with E-state index < -0.39 is 0 Å². The van der Waals surface area contributed by atoms with Crippen LogP contribution in [0.4, 0.5) is 0 Å². The Morgan fingerprint density at radius 2 is 2.32 bits per heavy atom. The first-order chi connectivity index (χ1) is 10.7. The molecule has 22 heavy (non-hydrogen) atoms. The van der Waals surface area contributed by atoms with E-state index in [0.717, 1.165) is 14.9 Å². The predicted octanol–water partition coefficient (Wildman–Crippen LogP) is 3.38. The molecule has 0 aromatic carbocycles. The number of fused-ring (bicyclic) bond motifs is 3. The van der Waals surface area contributed by atoms with Gasteiger partial charge in [-0.2, -0.15) is 5.26 Å². The zero-order chi connectivity index (χ0) is 15.3. The Balaban J connectivity index is 2.02. The van der Waals surface area contributed by atoms with Gasteiger partial charge in [0.05, 0.1) is 5.92 Å². The number of ether oxygens (including phenoxy) is 1. The van der Waals surface area contributed by atoms with Crippen molar-refractivity contribution in [3.8, 4) is 11.8 Å². The molecule has 108 valence electrons. The molecule has 0 bridgehead atoms. The summed E-state index contributed by atoms with van der Waals surface area (Å²) in [6, 6.07) is 6.14. The van der Waals surface area contributed by atoms with Crippen LogP contribution in [0.1, 0.15) is 16.4 Å². The summed E-state index contributed by atoms with van der Waals surface area (Å²) in [6.45, 7) is 0. The van der Waals surface area contributed by atoms with Crippen LogP contribution in [0.5, 0.6) is 5.75 Å². The first kappa shape index (κ1) is 13.4. The van der Waals surface area contributed by atoms with Crippen molar-refractivity contribution in [1.82, 2.24) is 9.38 Å². The van der Waals surface area contributed by atoms with Crippen LogP contribution in [0.3, 0.4) is 0 Å². The molecule has 0 amide bonds. The summed E-state index contributed by atoms with van der Waals surface area (Å²) >= 11 is 5.04. The Bertz CT molecular complexity index is 965. The highest BCUT2D eigenvalue weighted by atomic mass is 79.9. The number of nitrogens with two attached hydrogens (primary N) is 1. The maximum atomic E-state index is 9.50. The number of rotatable bonds is 1. The predicted molar refractivity (Wildman–Crippen MR) is 86.5 cm³/mol. The molecule has 3 aromatic rings. The minimum absolute atomic E-state index is 0.139. The van der Waals surface area contributed by atoms with Crippen molar-refractivity contribution >= 4 is 32.9 Å². The number of nitriles is 1. The quantitative estimate of drug-likeness (QED) is 0.710. The SMILES string of the molecule is N#CC1=C(N)Oc2c(ccn3ccnc23)C1c1cc(Br)cs1. The molecule has 1 atom stereocenters. The van der Waals surface area contributed by atoms with Crippen molar-refractivity contribution in [2.45, 2.75) is 5.92 Å². The van der Waals surface area contributed by atoms with E-state index in [1.165, 1.54) is 0 Å². The van der Waals surface area contributed by atoms with E-state index in [0.29, 0.717) is 17.0 Å². The standard InChI is InChI=1S/C15H9BrN4OS/c16-8-5-11(22-7-8)12-9-1-3-20-4-2-19-15(20)13(9)21-14(18)10(12)6-17/h1-5,7,12H,18H2. The smallest absolute Gasteiger partial charge is 0.205 e. The summed E-state index contributed by atoms with van der Waals surface area (Å²) < 4.78 is 8.56. The lowest BCUT2D eigenvalue weighted by Gasteiger charge is -2.25. The Labute approximate surface area is 138 Å². The monoisotopic (exact) mass is 372 g/mol. The molecule has 0 saturated carbocycles. The van der Waals surface area contributed by atoms with Crippen LogP contribution in [0.2, 0.25) is 0 Å². The molecule has 3 aromatic heterocycles. The highest BCUT2D eigenvalue weighted by Crippen LogP contribution is 2.45. The van der Waals surface area contributed by atoms with E-state index in [1.807, 2.05) is 34.3 Å². The number of thiophene rings is 1. The Morgan fingerprint density at radius 1 is 1.45 bits per heavy atom. The van der Waals surface area contributed by atoms with Gasteiger partial charge in [0, 0.05) is 38.9 Å². The minimum atomic E-state index is -0.230. The topological polar surface area (TPSA) is 76.3 Å². The summed E-state index contributed by atoms with van der Waals surface area (Å²) in [7, 11) is 0. The molecule has 2 N–H and O–H groups in total. The molecule has 7 heteroatoms. The maximum Gasteiger partial charge on any atom is 0.205 e. The highest BCUT2D eigenvalue weighted by Gasteiger charge is 2.33. The van der Waals surface area contributed by atoms with Crippen LogP contribution in [0.25, 0.3) is 5.65 Å². The first-order valence-corrected chi connectivity index (χ1v) is 8.13. The lowest BCUT2D eigenvalue weighted by molar-refractivity contribution is 0.396. The van der Waals surface area contributed by atoms with Crippen LogP contribution in [0.15, 0.2) is 52.0 Å². The number of aromatic nitrogens is 2. The summed E-state index contributed by atoms with van der Waals surface area (Å²) in [4.78, 5) is 5.36. The summed E-state index contributed by atoms with van der Waals surface area (Å²) in [5.41, 5.74) is 8.01. The van der Waals surface area contributed by atoms with Crippen LogP contribution in [-0.4, -0.2) is 9.38 Å². The van der Waals surface area contributed by atoms with Crippen LogP contribution >= 0.6 is 27.3 Å². The molecule has 0 spiro atoms. The van der Waals surface area contributed by atoms with Gasteiger partial charge in [0.15, 0.2) is 11.4 Å². The van der Waals surface area contributed by atoms with Gasteiger partial charge in [-0.15, -0.1) is 11.3 Å². The van der Waals surface area contributed by atoms with Gasteiger partial charge in [-0.25, -0.2) is 4.98 Å². The average Bonchev–Trinajstić information content (AvgIpc) is 3.14. The fourth-order valence-electron chi connectivity index (χ4n) is 2.66. The molecule has 1 unspecified atom stereocenters. The molecule has 4 heterocycles. The fraction of sp³-hybridized carbons (Fsp3) is 0.0667. The van der Waals surface area contributed by atoms with E-state index in [-0.39, 0.29) is 11.8 Å². The highest BCUT2D eigenvalue weighted by molar-refractivity contribution is 9.10. The molecule has 1 aliphatic rings. The Hall–Kier alpha value is -2.30. The average molecular weight is 373 g/mol. The van der Waals surface area contributed by atoms with Gasteiger partial charge >= 0.3 is 0 Å². The number of imidazole rings is 1. The van der Waals surface area contributed by atoms with Gasteiger partial charge < -0.3 is 14.9 Å². The number of nitrogens with zero attached hydrogens (tertiary/aromatic N) is 3. The van der Waals surface area contributed by atoms with Gasteiger partial charge in [0.2, 0.25) is 5.88 Å². The molecular formula is C15H9BrN4OS. The molecular weight excluding hydrogens is 364 g/mol. The van der Waals surface area contributed by atoms with Crippen LogP contribution in [0, 0.1) is 11.3 Å². The van der Waals surface area contributed by atoms with Gasteiger partial charge in [-0.05, 0) is 28.1 Å². The number of pyridine rings is 1. The van der Waals surface area contributed by atoms with Gasteiger partial charge in [0.25, 0.3) is 0 Å². The maximum absolute atomic E-state index is 9.50. The molecule has 0 aliphatic carbocycles. The number of halogens is 1. The van der Waals surface area contributed by atoms with E-state index >= 15 is 0 Å². The minimum Gasteiger partial charge on any atom is -0.436 e. The summed E-state index contributed by atoms with van der Waals surface area (Å²) in [5, 5.41) is 11.5. The van der Waals surface area contributed by atoms with Crippen molar-refractivity contribution in [2.75, 3.05) is 0 Å². The fourth-order valence-corrected chi connectivity index (χ4v) is 4.24. The Kier molecular flexibility index (Phi) is 2.96. The molecule has 0 fully saturated rings. The summed E-state index contributed by atoms with van der Waals surface area (Å²) in [5.74, 6) is 0.519. The number of hydrogen-bond donors (Lipinski definition) is 1. The zero-order valence-electron chi connectivity index (χ0n) is 11.2. The third-order valence-electron chi connectivity index (χ3n) is 3.62. The Morgan fingerprint density at radius 3 is 3.05 bits per heavy atom. The largest absolute Gasteiger partial charge is 0.436 e. The van der Waals surface area contributed by atoms with Crippen molar-refractivity contribution in [3.05, 3.63) is 62.5 Å². The van der Waals surface area contributed by atoms with E-state index in [2.05, 4.69) is 27.0 Å². The molecule has 1 aliphatic heterocycles. The van der Waals surface area contributed by atoms with E-state index in [4.69, 9.17) is 10.5 Å². The van der Waals surface area contributed by atoms with Gasteiger partial charge in [-0.3, -0.25) is 0 Å². The molecule has 4 rings (SSSR count). The first-order valence-electron chi connectivity index (χ1n) is 6.46. The molecule has 5 nitrogen and oxygen atoms in total. The second-order valence-electron chi connectivity index (χ2n) is 4.85. The second-order valence-corrected chi connectivity index (χ2v) is 6.71. The van der Waals surface area contributed by atoms with E-state index in [9.17, 15) is 5.26 Å². The third-order valence-corrected chi connectivity index (χ3v) is 5.38. The van der Waals surface area contributed by atoms with Crippen molar-refractivity contribution < 1.29 is 4.74 Å². The number of allylic oxidation sites excluding steroid dienone is 1. The van der Waals surface area contributed by atoms with Crippen molar-refractivity contribution in [2.24, 2.45) is 5.73 Å². The van der Waals surface area contributed by atoms with Crippen LogP contribution < -0.4 is 10.5 Å². The lowest BCUT2D eigenvalue weighted by atomic mass is 9.89. The number of hydrogen-bond acceptors (Lipinski definition) is 5. The van der Waals surface area contributed by atoms with Gasteiger partial charge in [0.1, 0.15) is 11.6 Å². The third kappa shape index (κ3) is 1.85. The van der Waals surface area contributed by atoms with Crippen molar-refractivity contribution in [3.63, 3.8) is 0 Å². The van der Waals surface area contributed by atoms with Crippen LogP contribution in [-0.2, 0) is 0 Å². The van der Waals surface area contributed by atoms with Crippen molar-refractivity contribution in [1.29, 1.82) is 5.26 Å². The zero-order valence-corrected chi connectivity index (χ0v) is 13.6. The normalized spacial score (nSPS) is 17.2. The lowest BCUT2D eigenvalue weighted by Crippen LogP contribution is -2.21. The molecule has 0 radical (unpaired) electrons. The second kappa shape index (κ2) is 4.87. The summed E-state index contributed by atoms with van der Waals surface area (Å²) in [6.07, 6.45) is 5.46. The van der Waals surface area contributed by atoms with E-state index in [1.54, 1.807) is 17.5 Å².